The van der Waals surface area contributed by atoms with Gasteiger partial charge in [-0.2, -0.15) is 5.10 Å². The van der Waals surface area contributed by atoms with Crippen LogP contribution >= 0.6 is 0 Å². The van der Waals surface area contributed by atoms with Gasteiger partial charge in [-0.05, 0) is 31.4 Å². The summed E-state index contributed by atoms with van der Waals surface area (Å²) >= 11 is 0. The van der Waals surface area contributed by atoms with Crippen LogP contribution in [0.3, 0.4) is 0 Å². The zero-order valence-corrected chi connectivity index (χ0v) is 17.0. The minimum atomic E-state index is 0.442. The fourth-order valence-electron chi connectivity index (χ4n) is 4.68. The molecule has 0 radical (unpaired) electrons. The molecule has 7 heteroatoms. The van der Waals surface area contributed by atoms with Crippen LogP contribution in [0, 0.1) is 6.92 Å². The van der Waals surface area contributed by atoms with Gasteiger partial charge in [-0.3, -0.25) is 10.00 Å². The number of hydrogen-bond acceptors (Lipinski definition) is 6. The molecule has 7 nitrogen and oxygen atoms in total. The van der Waals surface area contributed by atoms with Crippen molar-refractivity contribution >= 4 is 16.7 Å². The Balaban J connectivity index is 1.38. The molecule has 1 atom stereocenters. The summed E-state index contributed by atoms with van der Waals surface area (Å²) in [5, 5.41) is 8.86. The summed E-state index contributed by atoms with van der Waals surface area (Å²) in [5.41, 5.74) is 4.85. The molecule has 0 unspecified atom stereocenters. The van der Waals surface area contributed by atoms with E-state index in [0.29, 0.717) is 5.92 Å². The normalized spacial score (nSPS) is 21.0. The highest BCUT2D eigenvalue weighted by Gasteiger charge is 2.27. The second-order valence-electron chi connectivity index (χ2n) is 8.15. The largest absolute Gasteiger partial charge is 0.379 e. The first-order valence-corrected chi connectivity index (χ1v) is 10.6. The van der Waals surface area contributed by atoms with Crippen LogP contribution in [0.2, 0.25) is 0 Å². The predicted molar refractivity (Wildman–Crippen MR) is 113 cm³/mol. The summed E-state index contributed by atoms with van der Waals surface area (Å²) in [6, 6.07) is 6.35. The molecule has 2 aromatic heterocycles. The molecule has 4 heterocycles. The van der Waals surface area contributed by atoms with Gasteiger partial charge >= 0.3 is 0 Å². The van der Waals surface area contributed by atoms with Gasteiger partial charge in [0.15, 0.2) is 0 Å². The number of benzene rings is 1. The predicted octanol–water partition coefficient (Wildman–Crippen LogP) is 2.88. The van der Waals surface area contributed by atoms with Crippen molar-refractivity contribution in [1.29, 1.82) is 0 Å². The van der Waals surface area contributed by atoms with Crippen LogP contribution < -0.4 is 4.90 Å². The van der Waals surface area contributed by atoms with Gasteiger partial charge in [0.25, 0.3) is 0 Å². The molecule has 0 saturated carbocycles. The van der Waals surface area contributed by atoms with Crippen molar-refractivity contribution in [3.05, 3.63) is 47.5 Å². The molecule has 1 aromatic carbocycles. The number of fused-ring (bicyclic) bond motifs is 1. The third-order valence-corrected chi connectivity index (χ3v) is 6.22. The lowest BCUT2D eigenvalue weighted by Crippen LogP contribution is -2.37. The van der Waals surface area contributed by atoms with E-state index in [0.717, 1.165) is 69.1 Å². The van der Waals surface area contributed by atoms with Crippen LogP contribution in [-0.4, -0.2) is 64.5 Å². The zero-order chi connectivity index (χ0) is 19.6. The first-order valence-electron chi connectivity index (χ1n) is 10.6. The average molecular weight is 393 g/mol. The molecule has 2 aliphatic rings. The van der Waals surface area contributed by atoms with Crippen molar-refractivity contribution in [1.82, 2.24) is 25.1 Å². The van der Waals surface area contributed by atoms with Crippen LogP contribution in [0.1, 0.15) is 35.6 Å². The van der Waals surface area contributed by atoms with Gasteiger partial charge in [-0.15, -0.1) is 0 Å². The van der Waals surface area contributed by atoms with E-state index >= 15 is 0 Å². The van der Waals surface area contributed by atoms with Gasteiger partial charge in [-0.1, -0.05) is 12.1 Å². The Kier molecular flexibility index (Phi) is 5.16. The Morgan fingerprint density at radius 2 is 2.07 bits per heavy atom. The maximum atomic E-state index is 5.49. The first-order chi connectivity index (χ1) is 14.3. The number of anilines is 1. The SMILES string of the molecule is Cc1cccc2c(N3CCC[C@@H](c4[nH]ncc4CN4CCOCC4)C3)ncnc12. The van der Waals surface area contributed by atoms with E-state index in [1.807, 2.05) is 6.20 Å². The molecule has 1 N–H and O–H groups in total. The topological polar surface area (TPSA) is 70.2 Å². The second-order valence-corrected chi connectivity index (χ2v) is 8.15. The van der Waals surface area contributed by atoms with Crippen LogP contribution in [0.4, 0.5) is 5.82 Å². The smallest absolute Gasteiger partial charge is 0.139 e. The fourth-order valence-corrected chi connectivity index (χ4v) is 4.68. The summed E-state index contributed by atoms with van der Waals surface area (Å²) in [6.07, 6.45) is 6.04. The number of aromatic nitrogens is 4. The molecule has 3 aromatic rings. The third-order valence-electron chi connectivity index (χ3n) is 6.22. The zero-order valence-electron chi connectivity index (χ0n) is 17.0. The Hall–Kier alpha value is -2.51. The van der Waals surface area contributed by atoms with E-state index in [1.165, 1.54) is 23.2 Å². The van der Waals surface area contributed by atoms with E-state index in [4.69, 9.17) is 4.74 Å². The van der Waals surface area contributed by atoms with Crippen molar-refractivity contribution in [2.45, 2.75) is 32.2 Å². The maximum Gasteiger partial charge on any atom is 0.139 e. The molecule has 0 amide bonds. The number of aryl methyl sites for hydroxylation is 1. The number of para-hydroxylation sites is 1. The average Bonchev–Trinajstić information content (AvgIpc) is 3.23. The molecule has 0 aliphatic carbocycles. The molecular weight excluding hydrogens is 364 g/mol. The Morgan fingerprint density at radius 3 is 2.97 bits per heavy atom. The van der Waals surface area contributed by atoms with Crippen molar-refractivity contribution in [2.24, 2.45) is 0 Å². The van der Waals surface area contributed by atoms with Crippen LogP contribution in [-0.2, 0) is 11.3 Å². The highest BCUT2D eigenvalue weighted by Crippen LogP contribution is 2.33. The van der Waals surface area contributed by atoms with Gasteiger partial charge in [-0.25, -0.2) is 9.97 Å². The number of piperidine rings is 1. The fraction of sp³-hybridized carbons (Fsp3) is 0.500. The highest BCUT2D eigenvalue weighted by atomic mass is 16.5. The Bertz CT molecular complexity index is 980. The van der Waals surface area contributed by atoms with Gasteiger partial charge in [0.1, 0.15) is 12.1 Å². The van der Waals surface area contributed by atoms with Gasteiger partial charge in [0, 0.05) is 55.3 Å². The summed E-state index contributed by atoms with van der Waals surface area (Å²) in [6.45, 7) is 8.68. The molecule has 29 heavy (non-hydrogen) atoms. The quantitative estimate of drug-likeness (QED) is 0.736. The molecule has 0 spiro atoms. The molecule has 2 fully saturated rings. The maximum absolute atomic E-state index is 5.49. The molecule has 2 saturated heterocycles. The van der Waals surface area contributed by atoms with E-state index in [-0.39, 0.29) is 0 Å². The summed E-state index contributed by atoms with van der Waals surface area (Å²) in [4.78, 5) is 14.1. The number of ether oxygens (including phenoxy) is 1. The highest BCUT2D eigenvalue weighted by molar-refractivity contribution is 5.91. The lowest BCUT2D eigenvalue weighted by Gasteiger charge is -2.34. The standard InChI is InChI=1S/C22H28N6O/c1-16-4-2-6-19-20(16)23-15-24-22(19)28-7-3-5-17(14-28)21-18(12-25-26-21)13-27-8-10-29-11-9-27/h2,4,6,12,15,17H,3,5,7-11,13-14H2,1H3,(H,25,26)/t17-/m1/s1. The van der Waals surface area contributed by atoms with Crippen LogP contribution in [0.25, 0.3) is 10.9 Å². The van der Waals surface area contributed by atoms with E-state index in [1.54, 1.807) is 6.33 Å². The molecule has 152 valence electrons. The second kappa shape index (κ2) is 8.08. The molecule has 2 aliphatic heterocycles. The number of morpholine rings is 1. The van der Waals surface area contributed by atoms with Crippen LogP contribution in [0.5, 0.6) is 0 Å². The summed E-state index contributed by atoms with van der Waals surface area (Å²) in [5.74, 6) is 1.50. The van der Waals surface area contributed by atoms with Crippen molar-refractivity contribution < 1.29 is 4.74 Å². The number of nitrogens with one attached hydrogen (secondary N) is 1. The van der Waals surface area contributed by atoms with E-state index < -0.39 is 0 Å². The van der Waals surface area contributed by atoms with E-state index in [2.05, 4.69) is 55.1 Å². The molecule has 5 rings (SSSR count). The summed E-state index contributed by atoms with van der Waals surface area (Å²) in [7, 11) is 0. The third kappa shape index (κ3) is 3.72. The number of nitrogens with zero attached hydrogens (tertiary/aromatic N) is 5. The Labute approximate surface area is 171 Å². The van der Waals surface area contributed by atoms with Crippen molar-refractivity contribution in [3.63, 3.8) is 0 Å². The number of H-pyrrole nitrogens is 1. The van der Waals surface area contributed by atoms with Gasteiger partial charge in [0.2, 0.25) is 0 Å². The van der Waals surface area contributed by atoms with Crippen molar-refractivity contribution in [3.8, 4) is 0 Å². The van der Waals surface area contributed by atoms with Crippen molar-refractivity contribution in [2.75, 3.05) is 44.3 Å². The Morgan fingerprint density at radius 1 is 1.17 bits per heavy atom. The van der Waals surface area contributed by atoms with E-state index in [9.17, 15) is 0 Å². The monoisotopic (exact) mass is 392 g/mol. The lowest BCUT2D eigenvalue weighted by atomic mass is 9.92. The number of rotatable bonds is 4. The minimum Gasteiger partial charge on any atom is -0.379 e. The minimum absolute atomic E-state index is 0.442. The van der Waals surface area contributed by atoms with Gasteiger partial charge < -0.3 is 9.64 Å². The van der Waals surface area contributed by atoms with Gasteiger partial charge in [0.05, 0.1) is 24.9 Å². The first kappa shape index (κ1) is 18.5. The summed E-state index contributed by atoms with van der Waals surface area (Å²) < 4.78 is 5.49. The number of hydrogen-bond donors (Lipinski definition) is 1. The molecular formula is C22H28N6O. The number of aromatic amines is 1. The van der Waals surface area contributed by atoms with Crippen LogP contribution in [0.15, 0.2) is 30.7 Å². The lowest BCUT2D eigenvalue weighted by molar-refractivity contribution is 0.0340. The molecule has 0 bridgehead atoms.